The van der Waals surface area contributed by atoms with E-state index < -0.39 is 0 Å². The molecule has 0 aliphatic rings. The van der Waals surface area contributed by atoms with E-state index in [1.807, 2.05) is 48.6 Å². The van der Waals surface area contributed by atoms with Crippen LogP contribution in [0.25, 0.3) is 12.2 Å². The highest BCUT2D eigenvalue weighted by atomic mass is 16.1. The molecule has 0 aliphatic carbocycles. The van der Waals surface area contributed by atoms with Crippen LogP contribution in [0, 0.1) is 0 Å². The van der Waals surface area contributed by atoms with Crippen molar-refractivity contribution >= 4 is 18.4 Å². The van der Waals surface area contributed by atoms with Crippen molar-refractivity contribution in [3.63, 3.8) is 0 Å². The minimum Gasteiger partial charge on any atom is -0.353 e. The zero-order valence-electron chi connectivity index (χ0n) is 8.18. The van der Waals surface area contributed by atoms with E-state index in [0.717, 1.165) is 17.5 Å². The number of benzene rings is 1. The van der Waals surface area contributed by atoms with Crippen LogP contribution in [0.15, 0.2) is 42.5 Å². The van der Waals surface area contributed by atoms with Gasteiger partial charge in [0.15, 0.2) is 6.29 Å². The first kappa shape index (κ1) is 9.46. The van der Waals surface area contributed by atoms with Gasteiger partial charge in [-0.25, -0.2) is 0 Å². The van der Waals surface area contributed by atoms with E-state index in [-0.39, 0.29) is 0 Å². The fraction of sp³-hybridized carbons (Fsp3) is 0. The Balaban J connectivity index is 2.15. The lowest BCUT2D eigenvalue weighted by molar-refractivity contribution is 0.111. The summed E-state index contributed by atoms with van der Waals surface area (Å²) in [6.07, 6.45) is 4.75. The van der Waals surface area contributed by atoms with Gasteiger partial charge < -0.3 is 4.98 Å². The standard InChI is InChI=1S/C13H11NO/c15-10-13-9-8-12(14-13)7-6-11-4-2-1-3-5-11/h1-10,14H/b7-6+. The Morgan fingerprint density at radius 3 is 2.27 bits per heavy atom. The van der Waals surface area contributed by atoms with Crippen LogP contribution in [0.2, 0.25) is 0 Å². The van der Waals surface area contributed by atoms with E-state index in [4.69, 9.17) is 0 Å². The SMILES string of the molecule is O=Cc1ccc(/C=C/c2ccccc2)[nH]1. The summed E-state index contributed by atoms with van der Waals surface area (Å²) in [6.45, 7) is 0. The lowest BCUT2D eigenvalue weighted by Gasteiger charge is -1.90. The van der Waals surface area contributed by atoms with Crippen molar-refractivity contribution in [1.29, 1.82) is 0 Å². The van der Waals surface area contributed by atoms with Gasteiger partial charge in [-0.05, 0) is 23.8 Å². The molecule has 0 bridgehead atoms. The van der Waals surface area contributed by atoms with Gasteiger partial charge in [0.2, 0.25) is 0 Å². The van der Waals surface area contributed by atoms with E-state index in [1.165, 1.54) is 0 Å². The number of aldehydes is 1. The van der Waals surface area contributed by atoms with Crippen molar-refractivity contribution in [3.8, 4) is 0 Å². The fourth-order valence-electron chi connectivity index (χ4n) is 1.35. The van der Waals surface area contributed by atoms with Crippen LogP contribution in [0.1, 0.15) is 21.7 Å². The van der Waals surface area contributed by atoms with Crippen LogP contribution in [0.5, 0.6) is 0 Å². The number of hydrogen-bond donors (Lipinski definition) is 1. The van der Waals surface area contributed by atoms with E-state index in [0.29, 0.717) is 5.69 Å². The van der Waals surface area contributed by atoms with E-state index >= 15 is 0 Å². The molecule has 0 saturated carbocycles. The molecule has 1 N–H and O–H groups in total. The lowest BCUT2D eigenvalue weighted by Crippen LogP contribution is -1.77. The van der Waals surface area contributed by atoms with Crippen LogP contribution < -0.4 is 0 Å². The van der Waals surface area contributed by atoms with Gasteiger partial charge in [-0.3, -0.25) is 4.79 Å². The Kier molecular flexibility index (Phi) is 2.79. The Morgan fingerprint density at radius 2 is 1.60 bits per heavy atom. The highest BCUT2D eigenvalue weighted by molar-refractivity contribution is 5.75. The molecule has 0 atom stereocenters. The topological polar surface area (TPSA) is 32.9 Å². The summed E-state index contributed by atoms with van der Waals surface area (Å²) in [5, 5.41) is 0. The fourth-order valence-corrected chi connectivity index (χ4v) is 1.35. The quantitative estimate of drug-likeness (QED) is 0.754. The number of carbonyl (C=O) groups is 1. The van der Waals surface area contributed by atoms with Gasteiger partial charge in [-0.1, -0.05) is 36.4 Å². The summed E-state index contributed by atoms with van der Waals surface area (Å²) >= 11 is 0. The third-order valence-corrected chi connectivity index (χ3v) is 2.11. The summed E-state index contributed by atoms with van der Waals surface area (Å²) in [6, 6.07) is 13.7. The summed E-state index contributed by atoms with van der Waals surface area (Å²) in [5.74, 6) is 0. The van der Waals surface area contributed by atoms with Crippen LogP contribution in [0.4, 0.5) is 0 Å². The number of carbonyl (C=O) groups excluding carboxylic acids is 1. The molecule has 15 heavy (non-hydrogen) atoms. The van der Waals surface area contributed by atoms with Gasteiger partial charge in [-0.2, -0.15) is 0 Å². The van der Waals surface area contributed by atoms with Gasteiger partial charge in [-0.15, -0.1) is 0 Å². The average molecular weight is 197 g/mol. The molecule has 0 spiro atoms. The molecular formula is C13H11NO. The normalized spacial score (nSPS) is 10.7. The number of H-pyrrole nitrogens is 1. The number of rotatable bonds is 3. The van der Waals surface area contributed by atoms with Crippen molar-refractivity contribution in [1.82, 2.24) is 4.98 Å². The second-order valence-electron chi connectivity index (χ2n) is 3.23. The Labute approximate surface area is 88.3 Å². The first-order valence-corrected chi connectivity index (χ1v) is 4.76. The molecule has 1 heterocycles. The predicted octanol–water partition coefficient (Wildman–Crippen LogP) is 3.00. The molecule has 0 fully saturated rings. The maximum Gasteiger partial charge on any atom is 0.166 e. The largest absolute Gasteiger partial charge is 0.353 e. The molecular weight excluding hydrogens is 186 g/mol. The van der Waals surface area contributed by atoms with Crippen molar-refractivity contribution in [3.05, 3.63) is 59.4 Å². The van der Waals surface area contributed by atoms with Crippen LogP contribution >= 0.6 is 0 Å². The van der Waals surface area contributed by atoms with Gasteiger partial charge in [0.1, 0.15) is 0 Å². The minimum atomic E-state index is 0.600. The first-order valence-electron chi connectivity index (χ1n) is 4.76. The molecule has 0 saturated heterocycles. The number of hydrogen-bond acceptors (Lipinski definition) is 1. The molecule has 1 aromatic carbocycles. The summed E-state index contributed by atoms with van der Waals surface area (Å²) in [7, 11) is 0. The van der Waals surface area contributed by atoms with Crippen molar-refractivity contribution in [2.75, 3.05) is 0 Å². The Hall–Kier alpha value is -2.09. The minimum absolute atomic E-state index is 0.600. The summed E-state index contributed by atoms with van der Waals surface area (Å²) < 4.78 is 0. The molecule has 2 nitrogen and oxygen atoms in total. The third kappa shape index (κ3) is 2.44. The van der Waals surface area contributed by atoms with Crippen LogP contribution in [-0.4, -0.2) is 11.3 Å². The molecule has 0 radical (unpaired) electrons. The smallest absolute Gasteiger partial charge is 0.166 e. The molecule has 2 rings (SSSR count). The Morgan fingerprint density at radius 1 is 0.867 bits per heavy atom. The maximum atomic E-state index is 10.4. The highest BCUT2D eigenvalue weighted by Crippen LogP contribution is 2.07. The first-order chi connectivity index (χ1) is 7.38. The second kappa shape index (κ2) is 4.42. The van der Waals surface area contributed by atoms with Crippen molar-refractivity contribution in [2.24, 2.45) is 0 Å². The summed E-state index contributed by atoms with van der Waals surface area (Å²) in [5.41, 5.74) is 2.67. The van der Waals surface area contributed by atoms with Gasteiger partial charge >= 0.3 is 0 Å². The average Bonchev–Trinajstić information content (AvgIpc) is 2.76. The van der Waals surface area contributed by atoms with E-state index in [1.54, 1.807) is 6.07 Å². The lowest BCUT2D eigenvalue weighted by atomic mass is 10.2. The molecule has 0 amide bonds. The van der Waals surface area contributed by atoms with E-state index in [9.17, 15) is 4.79 Å². The van der Waals surface area contributed by atoms with Crippen LogP contribution in [-0.2, 0) is 0 Å². The van der Waals surface area contributed by atoms with Gasteiger partial charge in [0, 0.05) is 5.69 Å². The van der Waals surface area contributed by atoms with Crippen LogP contribution in [0.3, 0.4) is 0 Å². The highest BCUT2D eigenvalue weighted by Gasteiger charge is 1.92. The van der Waals surface area contributed by atoms with Gasteiger partial charge in [0.05, 0.1) is 5.69 Å². The zero-order valence-corrected chi connectivity index (χ0v) is 8.18. The zero-order chi connectivity index (χ0) is 10.5. The predicted molar refractivity (Wildman–Crippen MR) is 61.6 cm³/mol. The van der Waals surface area contributed by atoms with E-state index in [2.05, 4.69) is 4.98 Å². The maximum absolute atomic E-state index is 10.4. The van der Waals surface area contributed by atoms with Crippen molar-refractivity contribution < 1.29 is 4.79 Å². The molecule has 74 valence electrons. The molecule has 0 aliphatic heterocycles. The third-order valence-electron chi connectivity index (χ3n) is 2.11. The summed E-state index contributed by atoms with van der Waals surface area (Å²) in [4.78, 5) is 13.4. The molecule has 0 unspecified atom stereocenters. The second-order valence-corrected chi connectivity index (χ2v) is 3.23. The number of nitrogens with one attached hydrogen (secondary N) is 1. The van der Waals surface area contributed by atoms with Crippen molar-refractivity contribution in [2.45, 2.75) is 0 Å². The monoisotopic (exact) mass is 197 g/mol. The number of aromatic nitrogens is 1. The Bertz CT molecular complexity index is 468. The molecule has 2 aromatic rings. The molecule has 2 heteroatoms. The molecule has 1 aromatic heterocycles. The number of aromatic amines is 1. The van der Waals surface area contributed by atoms with Gasteiger partial charge in [0.25, 0.3) is 0 Å².